The first-order valence-corrected chi connectivity index (χ1v) is 12.1. The van der Waals surface area contributed by atoms with Crippen molar-refractivity contribution in [3.63, 3.8) is 0 Å². The molecule has 8 nitrogen and oxygen atoms in total. The number of hydrogen-bond acceptors (Lipinski definition) is 8. The van der Waals surface area contributed by atoms with Crippen LogP contribution in [0.1, 0.15) is 94.4 Å². The molecule has 1 atom stereocenters. The van der Waals surface area contributed by atoms with Gasteiger partial charge in [0, 0.05) is 29.7 Å². The Labute approximate surface area is 195 Å². The predicted octanol–water partition coefficient (Wildman–Crippen LogP) is 4.21. The Hall–Kier alpha value is -1.51. The van der Waals surface area contributed by atoms with E-state index in [4.69, 9.17) is 9.82 Å². The van der Waals surface area contributed by atoms with E-state index in [1.165, 1.54) is 0 Å². The van der Waals surface area contributed by atoms with Crippen LogP contribution >= 0.6 is 0 Å². The summed E-state index contributed by atoms with van der Waals surface area (Å²) in [7, 11) is 0. The summed E-state index contributed by atoms with van der Waals surface area (Å²) in [6, 6.07) is 0.539. The Morgan fingerprint density at radius 1 is 1.22 bits per heavy atom. The van der Waals surface area contributed by atoms with Crippen molar-refractivity contribution in [3.8, 4) is 0 Å². The van der Waals surface area contributed by atoms with E-state index in [1.807, 2.05) is 0 Å². The molecule has 0 aliphatic carbocycles. The van der Waals surface area contributed by atoms with Gasteiger partial charge in [0.05, 0.1) is 12.2 Å². The van der Waals surface area contributed by atoms with Gasteiger partial charge in [0.15, 0.2) is 0 Å². The highest BCUT2D eigenvalue weighted by Crippen LogP contribution is 2.41. The zero-order valence-electron chi connectivity index (χ0n) is 21.7. The molecular weight excluding hydrogens is 404 g/mol. The molecule has 0 spiro atoms. The number of nitrogens with zero attached hydrogens (tertiary/aromatic N) is 5. The van der Waals surface area contributed by atoms with Gasteiger partial charge < -0.3 is 15.3 Å². The van der Waals surface area contributed by atoms with Crippen LogP contribution in [0.25, 0.3) is 0 Å². The van der Waals surface area contributed by atoms with Gasteiger partial charge in [-0.2, -0.15) is 20.0 Å². The van der Waals surface area contributed by atoms with Crippen LogP contribution in [0.2, 0.25) is 0 Å². The van der Waals surface area contributed by atoms with Crippen LogP contribution in [-0.4, -0.2) is 67.0 Å². The van der Waals surface area contributed by atoms with Crippen molar-refractivity contribution in [1.29, 1.82) is 0 Å². The van der Waals surface area contributed by atoms with E-state index in [2.05, 4.69) is 80.0 Å². The van der Waals surface area contributed by atoms with Gasteiger partial charge in [-0.1, -0.05) is 20.3 Å². The largest absolute Gasteiger partial charge is 0.388 e. The van der Waals surface area contributed by atoms with Crippen LogP contribution in [-0.2, 0) is 4.84 Å². The van der Waals surface area contributed by atoms with E-state index in [1.54, 1.807) is 13.8 Å². The van der Waals surface area contributed by atoms with E-state index in [-0.39, 0.29) is 29.8 Å². The number of hydroxylamine groups is 2. The summed E-state index contributed by atoms with van der Waals surface area (Å²) in [5.41, 5.74) is -1.33. The summed E-state index contributed by atoms with van der Waals surface area (Å²) in [6.07, 6.45) is 7.76. The zero-order valence-corrected chi connectivity index (χ0v) is 21.7. The number of aromatic nitrogens is 3. The molecule has 32 heavy (non-hydrogen) atoms. The first kappa shape index (κ1) is 26.7. The highest BCUT2D eigenvalue weighted by molar-refractivity contribution is 5.38. The van der Waals surface area contributed by atoms with Gasteiger partial charge in [0.25, 0.3) is 0 Å². The number of piperidine rings is 1. The fraction of sp³-hybridized carbons (Fsp3) is 0.875. The summed E-state index contributed by atoms with van der Waals surface area (Å²) in [4.78, 5) is 21.9. The van der Waals surface area contributed by atoms with Crippen LogP contribution in [0.4, 0.5) is 11.9 Å². The second-order valence-electron chi connectivity index (χ2n) is 11.1. The topological polar surface area (TPSA) is 86.6 Å². The van der Waals surface area contributed by atoms with E-state index >= 15 is 0 Å². The Kier molecular flexibility index (Phi) is 8.87. The lowest BCUT2D eigenvalue weighted by atomic mass is 9.78. The Morgan fingerprint density at radius 2 is 1.84 bits per heavy atom. The van der Waals surface area contributed by atoms with Crippen molar-refractivity contribution in [2.45, 2.75) is 123 Å². The second kappa shape index (κ2) is 10.6. The van der Waals surface area contributed by atoms with Crippen molar-refractivity contribution in [2.75, 3.05) is 23.4 Å². The summed E-state index contributed by atoms with van der Waals surface area (Å²) in [5, 5.41) is 15.6. The number of unbranched alkanes of at least 4 members (excludes halogenated alkanes) is 1. The molecule has 0 aromatic carbocycles. The van der Waals surface area contributed by atoms with E-state index in [0.717, 1.165) is 38.6 Å². The van der Waals surface area contributed by atoms with Crippen LogP contribution in [0.5, 0.6) is 0 Å². The lowest BCUT2D eigenvalue weighted by Crippen LogP contribution is -2.64. The molecule has 1 aliphatic heterocycles. The summed E-state index contributed by atoms with van der Waals surface area (Å²) in [6.45, 7) is 20.0. The molecule has 2 rings (SSSR count). The standard InChI is InChI=1S/C24H45N6O2/c1-10-12-13-29(21-26-17-25-20(28-21)27-18(3)11-2)19-14-22(4,5)30(23(6,7)15-19)32-16-24(8,9)31/h18-19,31H,10-16H2,1-9H3,(H,25,26,27,28). The van der Waals surface area contributed by atoms with Crippen LogP contribution < -0.4 is 10.2 Å². The molecule has 1 radical (unpaired) electrons. The third kappa shape index (κ3) is 7.25. The molecule has 2 heterocycles. The molecule has 0 amide bonds. The number of nitrogens with one attached hydrogen (secondary N) is 1. The summed E-state index contributed by atoms with van der Waals surface area (Å²) in [5.74, 6) is 1.26. The average molecular weight is 450 g/mol. The van der Waals surface area contributed by atoms with Gasteiger partial charge in [-0.15, -0.1) is 0 Å². The third-order valence-electron chi connectivity index (χ3n) is 6.07. The average Bonchev–Trinajstić information content (AvgIpc) is 2.65. The smallest absolute Gasteiger partial charge is 0.231 e. The number of aliphatic hydroxyl groups is 1. The van der Waals surface area contributed by atoms with Gasteiger partial charge in [-0.05, 0) is 74.1 Å². The zero-order chi connectivity index (χ0) is 24.2. The molecule has 1 saturated heterocycles. The fourth-order valence-corrected chi connectivity index (χ4v) is 4.55. The molecule has 0 saturated carbocycles. The minimum atomic E-state index is -0.879. The second-order valence-corrected chi connectivity index (χ2v) is 11.1. The quantitative estimate of drug-likeness (QED) is 0.519. The molecule has 0 bridgehead atoms. The lowest BCUT2D eigenvalue weighted by Gasteiger charge is -2.55. The summed E-state index contributed by atoms with van der Waals surface area (Å²) >= 11 is 0. The molecular formula is C24H45N6O2. The maximum absolute atomic E-state index is 10.2. The Morgan fingerprint density at radius 3 is 2.38 bits per heavy atom. The molecule has 1 aliphatic rings. The fourth-order valence-electron chi connectivity index (χ4n) is 4.55. The van der Waals surface area contributed by atoms with Crippen molar-refractivity contribution < 1.29 is 9.94 Å². The SMILES string of the molecule is CCCCN(c1n[c]nc(NC(C)CC)n1)C1CC(C)(C)N(OCC(C)(C)O)C(C)(C)C1. The summed E-state index contributed by atoms with van der Waals surface area (Å²) < 4.78 is 0. The van der Waals surface area contributed by atoms with Gasteiger partial charge in [0.1, 0.15) is 0 Å². The molecule has 2 N–H and O–H groups in total. The maximum Gasteiger partial charge on any atom is 0.231 e. The van der Waals surface area contributed by atoms with Gasteiger partial charge in [-0.3, -0.25) is 4.84 Å². The first-order valence-electron chi connectivity index (χ1n) is 12.1. The number of anilines is 2. The van der Waals surface area contributed by atoms with Crippen molar-refractivity contribution >= 4 is 11.9 Å². The van der Waals surface area contributed by atoms with E-state index < -0.39 is 5.60 Å². The van der Waals surface area contributed by atoms with Crippen molar-refractivity contribution in [1.82, 2.24) is 20.0 Å². The van der Waals surface area contributed by atoms with Crippen LogP contribution in [0.15, 0.2) is 0 Å². The minimum Gasteiger partial charge on any atom is -0.388 e. The molecule has 1 fully saturated rings. The van der Waals surface area contributed by atoms with Crippen LogP contribution in [0.3, 0.4) is 0 Å². The Balaban J connectivity index is 2.30. The number of rotatable bonds is 11. The maximum atomic E-state index is 10.2. The van der Waals surface area contributed by atoms with E-state index in [9.17, 15) is 5.11 Å². The molecule has 1 unspecified atom stereocenters. The van der Waals surface area contributed by atoms with Gasteiger partial charge >= 0.3 is 0 Å². The highest BCUT2D eigenvalue weighted by Gasteiger charge is 2.48. The van der Waals surface area contributed by atoms with Gasteiger partial charge in [-0.25, -0.2) is 0 Å². The predicted molar refractivity (Wildman–Crippen MR) is 130 cm³/mol. The highest BCUT2D eigenvalue weighted by atomic mass is 16.7. The van der Waals surface area contributed by atoms with Crippen molar-refractivity contribution in [3.05, 3.63) is 6.33 Å². The number of hydrogen-bond donors (Lipinski definition) is 2. The first-order chi connectivity index (χ1) is 14.8. The van der Waals surface area contributed by atoms with Gasteiger partial charge in [0.2, 0.25) is 18.2 Å². The monoisotopic (exact) mass is 449 g/mol. The lowest BCUT2D eigenvalue weighted by molar-refractivity contribution is -0.298. The molecule has 183 valence electrons. The van der Waals surface area contributed by atoms with E-state index in [0.29, 0.717) is 11.9 Å². The third-order valence-corrected chi connectivity index (χ3v) is 6.07. The molecule has 1 aromatic rings. The Bertz CT molecular complexity index is 701. The van der Waals surface area contributed by atoms with Crippen LogP contribution in [0, 0.1) is 6.33 Å². The normalized spacial score (nSPS) is 20.2. The molecule has 1 aromatic heterocycles. The van der Waals surface area contributed by atoms with Crippen molar-refractivity contribution in [2.24, 2.45) is 0 Å². The minimum absolute atomic E-state index is 0.226. The molecule has 8 heteroatoms.